The second-order valence-corrected chi connectivity index (χ2v) is 8.63. The Bertz CT molecular complexity index is 1020. The molecule has 1 aliphatic rings. The maximum atomic E-state index is 6.16. The number of fused-ring (bicyclic) bond motifs is 1. The summed E-state index contributed by atoms with van der Waals surface area (Å²) in [6, 6.07) is 6.97. The molecule has 0 aliphatic heterocycles. The van der Waals surface area contributed by atoms with Gasteiger partial charge in [-0.2, -0.15) is 9.97 Å². The number of rotatable bonds is 6. The molecule has 1 saturated carbocycles. The maximum absolute atomic E-state index is 6.16. The topological polar surface area (TPSA) is 120 Å². The molecule has 160 valence electrons. The van der Waals surface area contributed by atoms with E-state index in [1.165, 1.54) is 5.56 Å². The second kappa shape index (κ2) is 8.47. The van der Waals surface area contributed by atoms with E-state index in [-0.39, 0.29) is 6.04 Å². The molecule has 0 radical (unpaired) electrons. The van der Waals surface area contributed by atoms with Crippen LogP contribution in [-0.2, 0) is 6.54 Å². The molecule has 2 aromatic heterocycles. The average molecular weight is 409 g/mol. The van der Waals surface area contributed by atoms with Gasteiger partial charge in [0.05, 0.1) is 6.33 Å². The Morgan fingerprint density at radius 3 is 2.67 bits per heavy atom. The van der Waals surface area contributed by atoms with Crippen molar-refractivity contribution in [2.45, 2.75) is 71.1 Å². The number of hydrogen-bond donors (Lipinski definition) is 4. The number of anilines is 3. The van der Waals surface area contributed by atoms with Gasteiger partial charge < -0.3 is 26.7 Å². The molecular weight excluding hydrogens is 376 g/mol. The van der Waals surface area contributed by atoms with Crippen LogP contribution < -0.4 is 22.1 Å². The first-order valence-electron chi connectivity index (χ1n) is 10.8. The van der Waals surface area contributed by atoms with Crippen molar-refractivity contribution in [2.75, 3.05) is 16.4 Å². The van der Waals surface area contributed by atoms with Crippen LogP contribution in [0.15, 0.2) is 24.5 Å². The molecule has 3 aromatic rings. The molecule has 0 saturated heterocycles. The van der Waals surface area contributed by atoms with Gasteiger partial charge in [-0.3, -0.25) is 0 Å². The standard InChI is InChI=1S/C22H32N8/c1-13(2)30-12-26-19-20(25-11-15-10-14(3)4-9-18(15)24)28-22(29-21(19)30)27-17-7-5-16(23)6-8-17/h4,9-10,12-13,16-17H,5-8,11,23-24H2,1-3H3,(H2,25,27,28,29). The summed E-state index contributed by atoms with van der Waals surface area (Å²) in [6.07, 6.45) is 5.96. The molecule has 2 heterocycles. The number of nitrogens with zero attached hydrogens (tertiary/aromatic N) is 4. The first kappa shape index (κ1) is 20.4. The third-order valence-electron chi connectivity index (χ3n) is 5.83. The summed E-state index contributed by atoms with van der Waals surface area (Å²) in [5, 5.41) is 6.97. The van der Waals surface area contributed by atoms with E-state index in [1.54, 1.807) is 0 Å². The van der Waals surface area contributed by atoms with Crippen molar-refractivity contribution in [1.29, 1.82) is 0 Å². The van der Waals surface area contributed by atoms with Crippen molar-refractivity contribution in [2.24, 2.45) is 5.73 Å². The van der Waals surface area contributed by atoms with Gasteiger partial charge in [0, 0.05) is 30.4 Å². The summed E-state index contributed by atoms with van der Waals surface area (Å²) in [7, 11) is 0. The molecule has 8 heteroatoms. The lowest BCUT2D eigenvalue weighted by atomic mass is 9.92. The van der Waals surface area contributed by atoms with Crippen LogP contribution >= 0.6 is 0 Å². The second-order valence-electron chi connectivity index (χ2n) is 8.63. The Balaban J connectivity index is 1.64. The molecule has 0 atom stereocenters. The number of nitrogens with two attached hydrogens (primary N) is 2. The van der Waals surface area contributed by atoms with Gasteiger partial charge in [0.2, 0.25) is 5.95 Å². The van der Waals surface area contributed by atoms with Crippen molar-refractivity contribution in [3.63, 3.8) is 0 Å². The molecule has 30 heavy (non-hydrogen) atoms. The Morgan fingerprint density at radius 1 is 1.17 bits per heavy atom. The lowest BCUT2D eigenvalue weighted by molar-refractivity contribution is 0.410. The van der Waals surface area contributed by atoms with Crippen LogP contribution in [0.2, 0.25) is 0 Å². The van der Waals surface area contributed by atoms with E-state index in [1.807, 2.05) is 18.5 Å². The molecule has 0 spiro atoms. The highest BCUT2D eigenvalue weighted by molar-refractivity contribution is 5.84. The summed E-state index contributed by atoms with van der Waals surface area (Å²) >= 11 is 0. The van der Waals surface area contributed by atoms with Gasteiger partial charge in [-0.1, -0.05) is 17.7 Å². The van der Waals surface area contributed by atoms with Gasteiger partial charge in [0.1, 0.15) is 0 Å². The van der Waals surface area contributed by atoms with E-state index in [2.05, 4.69) is 47.0 Å². The molecule has 1 aliphatic carbocycles. The SMILES string of the molecule is Cc1ccc(N)c(CNc2nc(NC3CCC(N)CC3)nc3c2ncn3C(C)C)c1. The molecule has 4 rings (SSSR count). The van der Waals surface area contributed by atoms with Crippen LogP contribution in [-0.4, -0.2) is 31.6 Å². The van der Waals surface area contributed by atoms with Gasteiger partial charge in [-0.25, -0.2) is 4.98 Å². The third kappa shape index (κ3) is 4.33. The van der Waals surface area contributed by atoms with Crippen LogP contribution in [0.5, 0.6) is 0 Å². The van der Waals surface area contributed by atoms with Gasteiger partial charge in [-0.15, -0.1) is 0 Å². The van der Waals surface area contributed by atoms with Crippen LogP contribution in [0.4, 0.5) is 17.5 Å². The summed E-state index contributed by atoms with van der Waals surface area (Å²) < 4.78 is 2.07. The average Bonchev–Trinajstić information content (AvgIpc) is 3.14. The summed E-state index contributed by atoms with van der Waals surface area (Å²) in [5.41, 5.74) is 16.8. The van der Waals surface area contributed by atoms with Crippen LogP contribution in [0, 0.1) is 6.92 Å². The Hall–Kier alpha value is -2.87. The number of nitrogens with one attached hydrogen (secondary N) is 2. The molecule has 0 unspecified atom stereocenters. The Morgan fingerprint density at radius 2 is 1.93 bits per heavy atom. The normalized spacial score (nSPS) is 19.4. The highest BCUT2D eigenvalue weighted by atomic mass is 15.2. The molecular formula is C22H32N8. The molecule has 1 aromatic carbocycles. The summed E-state index contributed by atoms with van der Waals surface area (Å²) in [6.45, 7) is 6.89. The number of benzene rings is 1. The van der Waals surface area contributed by atoms with Gasteiger partial charge >= 0.3 is 0 Å². The smallest absolute Gasteiger partial charge is 0.227 e. The fourth-order valence-electron chi connectivity index (χ4n) is 3.99. The predicted molar refractivity (Wildman–Crippen MR) is 122 cm³/mol. The zero-order chi connectivity index (χ0) is 21.3. The number of aryl methyl sites for hydroxylation is 1. The molecule has 0 bridgehead atoms. The quantitative estimate of drug-likeness (QED) is 0.460. The minimum atomic E-state index is 0.255. The van der Waals surface area contributed by atoms with E-state index in [0.29, 0.717) is 24.6 Å². The van der Waals surface area contributed by atoms with E-state index in [0.717, 1.165) is 53.9 Å². The lowest BCUT2D eigenvalue weighted by Gasteiger charge is -2.27. The minimum absolute atomic E-state index is 0.255. The van der Waals surface area contributed by atoms with E-state index < -0.39 is 0 Å². The molecule has 8 nitrogen and oxygen atoms in total. The van der Waals surface area contributed by atoms with Crippen molar-refractivity contribution >= 4 is 28.6 Å². The van der Waals surface area contributed by atoms with Crippen molar-refractivity contribution < 1.29 is 0 Å². The van der Waals surface area contributed by atoms with Crippen molar-refractivity contribution in [3.8, 4) is 0 Å². The first-order valence-corrected chi connectivity index (χ1v) is 10.8. The highest BCUT2D eigenvalue weighted by Gasteiger charge is 2.21. The largest absolute Gasteiger partial charge is 0.398 e. The summed E-state index contributed by atoms with van der Waals surface area (Å²) in [4.78, 5) is 14.2. The van der Waals surface area contributed by atoms with Crippen LogP contribution in [0.25, 0.3) is 11.2 Å². The Kier molecular flexibility index (Phi) is 5.76. The Labute approximate surface area is 177 Å². The van der Waals surface area contributed by atoms with Crippen molar-refractivity contribution in [1.82, 2.24) is 19.5 Å². The zero-order valence-electron chi connectivity index (χ0n) is 18.0. The number of hydrogen-bond acceptors (Lipinski definition) is 7. The summed E-state index contributed by atoms with van der Waals surface area (Å²) in [5.74, 6) is 1.35. The van der Waals surface area contributed by atoms with Crippen LogP contribution in [0.3, 0.4) is 0 Å². The maximum Gasteiger partial charge on any atom is 0.227 e. The fourth-order valence-corrected chi connectivity index (χ4v) is 3.99. The molecule has 6 N–H and O–H groups in total. The number of aromatic nitrogens is 4. The third-order valence-corrected chi connectivity index (χ3v) is 5.83. The lowest BCUT2D eigenvalue weighted by Crippen LogP contribution is -2.33. The van der Waals surface area contributed by atoms with E-state index >= 15 is 0 Å². The van der Waals surface area contributed by atoms with Crippen LogP contribution in [0.1, 0.15) is 56.7 Å². The van der Waals surface area contributed by atoms with Gasteiger partial charge in [0.15, 0.2) is 17.0 Å². The predicted octanol–water partition coefficient (Wildman–Crippen LogP) is 3.59. The van der Waals surface area contributed by atoms with E-state index in [4.69, 9.17) is 21.4 Å². The highest BCUT2D eigenvalue weighted by Crippen LogP contribution is 2.26. The zero-order valence-corrected chi connectivity index (χ0v) is 18.0. The van der Waals surface area contributed by atoms with Gasteiger partial charge in [0.25, 0.3) is 0 Å². The molecule has 1 fully saturated rings. The fraction of sp³-hybridized carbons (Fsp3) is 0.500. The van der Waals surface area contributed by atoms with Gasteiger partial charge in [-0.05, 0) is 58.1 Å². The number of imidazole rings is 1. The number of nitrogen functional groups attached to an aromatic ring is 1. The minimum Gasteiger partial charge on any atom is -0.398 e. The molecule has 0 amide bonds. The first-order chi connectivity index (χ1) is 14.4. The monoisotopic (exact) mass is 408 g/mol. The van der Waals surface area contributed by atoms with E-state index in [9.17, 15) is 0 Å². The van der Waals surface area contributed by atoms with Crippen molar-refractivity contribution in [3.05, 3.63) is 35.7 Å².